The number of anilines is 2. The minimum atomic E-state index is 0.522. The fraction of sp³-hybridized carbons (Fsp3) is 0.111. The van der Waals surface area contributed by atoms with Gasteiger partial charge in [-0.2, -0.15) is 0 Å². The van der Waals surface area contributed by atoms with Gasteiger partial charge in [0.2, 0.25) is 0 Å². The Kier molecular flexibility index (Phi) is 4.14. The number of hydrogen-bond donors (Lipinski definition) is 2. The van der Waals surface area contributed by atoms with E-state index in [4.69, 9.17) is 21.4 Å². The van der Waals surface area contributed by atoms with Crippen molar-refractivity contribution in [3.05, 3.63) is 46.4 Å². The van der Waals surface area contributed by atoms with E-state index in [1.807, 2.05) is 48.9 Å². The quantitative estimate of drug-likeness (QED) is 0.553. The van der Waals surface area contributed by atoms with Crippen LogP contribution in [-0.2, 0) is 0 Å². The van der Waals surface area contributed by atoms with Gasteiger partial charge in [-0.3, -0.25) is 0 Å². The largest absolute Gasteiger partial charge is 0.397 e. The van der Waals surface area contributed by atoms with E-state index in [9.17, 15) is 0 Å². The van der Waals surface area contributed by atoms with Gasteiger partial charge in [0.25, 0.3) is 0 Å². The Bertz CT molecular complexity index is 1010. The normalized spacial score (nSPS) is 11.0. The Hall–Kier alpha value is -2.84. The zero-order chi connectivity index (χ0) is 18.3. The van der Waals surface area contributed by atoms with Crippen molar-refractivity contribution in [3.8, 4) is 32.8 Å². The maximum atomic E-state index is 6.18. The lowest BCUT2D eigenvalue weighted by Gasteiger charge is -2.10. The first-order chi connectivity index (χ1) is 12.5. The molecule has 4 aromatic heterocycles. The van der Waals surface area contributed by atoms with Gasteiger partial charge in [-0.15, -0.1) is 22.7 Å². The highest BCUT2D eigenvalue weighted by Crippen LogP contribution is 2.33. The highest BCUT2D eigenvalue weighted by molar-refractivity contribution is 7.13. The van der Waals surface area contributed by atoms with Crippen molar-refractivity contribution in [3.63, 3.8) is 0 Å². The molecule has 0 bridgehead atoms. The third-order valence-corrected chi connectivity index (χ3v) is 5.72. The summed E-state index contributed by atoms with van der Waals surface area (Å²) in [6.07, 6.45) is 0. The second kappa shape index (κ2) is 6.47. The molecule has 6 nitrogen and oxygen atoms in total. The highest BCUT2D eigenvalue weighted by atomic mass is 32.1. The summed E-state index contributed by atoms with van der Waals surface area (Å²) >= 11 is 3.09. The zero-order valence-corrected chi connectivity index (χ0v) is 15.9. The Morgan fingerprint density at radius 3 is 1.42 bits per heavy atom. The Morgan fingerprint density at radius 2 is 1.08 bits per heavy atom. The van der Waals surface area contributed by atoms with Gasteiger partial charge >= 0.3 is 0 Å². The summed E-state index contributed by atoms with van der Waals surface area (Å²) in [7, 11) is 0. The van der Waals surface area contributed by atoms with E-state index in [-0.39, 0.29) is 0 Å². The third kappa shape index (κ3) is 3.04. The van der Waals surface area contributed by atoms with Crippen LogP contribution < -0.4 is 11.5 Å². The first kappa shape index (κ1) is 16.6. The molecule has 0 spiro atoms. The molecule has 4 aromatic rings. The van der Waals surface area contributed by atoms with E-state index in [1.165, 1.54) is 0 Å². The SMILES string of the molecule is Cc1csc(-c2ccc(N)c(-c3nc(-c4nc(C)cs4)ccc3N)n2)n1. The van der Waals surface area contributed by atoms with Gasteiger partial charge in [0.05, 0.1) is 22.8 Å². The summed E-state index contributed by atoms with van der Waals surface area (Å²) in [4.78, 5) is 18.4. The number of nitrogen functional groups attached to an aromatic ring is 2. The molecule has 0 saturated heterocycles. The molecule has 8 heteroatoms. The van der Waals surface area contributed by atoms with Crippen LogP contribution in [0.5, 0.6) is 0 Å². The molecule has 0 radical (unpaired) electrons. The van der Waals surface area contributed by atoms with Gasteiger partial charge < -0.3 is 11.5 Å². The van der Waals surface area contributed by atoms with Crippen molar-refractivity contribution in [1.29, 1.82) is 0 Å². The van der Waals surface area contributed by atoms with Gasteiger partial charge in [-0.25, -0.2) is 19.9 Å². The van der Waals surface area contributed by atoms with E-state index in [2.05, 4.69) is 9.97 Å². The lowest BCUT2D eigenvalue weighted by Crippen LogP contribution is -2.01. The summed E-state index contributed by atoms with van der Waals surface area (Å²) in [6, 6.07) is 7.36. The molecule has 0 aliphatic carbocycles. The first-order valence-corrected chi connectivity index (χ1v) is 9.65. The van der Waals surface area contributed by atoms with Gasteiger partial charge in [-0.05, 0) is 38.1 Å². The molecule has 4 heterocycles. The van der Waals surface area contributed by atoms with Crippen LogP contribution >= 0.6 is 22.7 Å². The Morgan fingerprint density at radius 1 is 0.654 bits per heavy atom. The second-order valence-corrected chi connectivity index (χ2v) is 7.57. The predicted molar refractivity (Wildman–Crippen MR) is 108 cm³/mol. The summed E-state index contributed by atoms with van der Waals surface area (Å²) in [6.45, 7) is 3.91. The molecule has 0 amide bonds. The summed E-state index contributed by atoms with van der Waals surface area (Å²) in [5.41, 5.74) is 17.9. The average Bonchev–Trinajstić information content (AvgIpc) is 3.25. The molecule has 26 heavy (non-hydrogen) atoms. The summed E-state index contributed by atoms with van der Waals surface area (Å²) in [5.74, 6) is 0. The van der Waals surface area contributed by atoms with E-state index in [0.717, 1.165) is 32.8 Å². The van der Waals surface area contributed by atoms with Crippen LogP contribution in [0.2, 0.25) is 0 Å². The van der Waals surface area contributed by atoms with Crippen LogP contribution in [-0.4, -0.2) is 19.9 Å². The minimum absolute atomic E-state index is 0.522. The summed E-state index contributed by atoms with van der Waals surface area (Å²) in [5, 5.41) is 5.67. The van der Waals surface area contributed by atoms with Gasteiger partial charge in [0.15, 0.2) is 0 Å². The van der Waals surface area contributed by atoms with Crippen molar-refractivity contribution in [2.45, 2.75) is 13.8 Å². The highest BCUT2D eigenvalue weighted by Gasteiger charge is 2.15. The molecule has 130 valence electrons. The van der Waals surface area contributed by atoms with Crippen LogP contribution in [0.1, 0.15) is 11.4 Å². The van der Waals surface area contributed by atoms with Crippen LogP contribution in [0.25, 0.3) is 32.8 Å². The zero-order valence-electron chi connectivity index (χ0n) is 14.2. The molecule has 0 aliphatic rings. The first-order valence-electron chi connectivity index (χ1n) is 7.89. The number of hydrogen-bond acceptors (Lipinski definition) is 8. The van der Waals surface area contributed by atoms with Gasteiger partial charge in [0, 0.05) is 22.1 Å². The number of nitrogens with zero attached hydrogens (tertiary/aromatic N) is 4. The lowest BCUT2D eigenvalue weighted by molar-refractivity contribution is 1.21. The van der Waals surface area contributed by atoms with Gasteiger partial charge in [-0.1, -0.05) is 0 Å². The molecule has 4 N–H and O–H groups in total. The van der Waals surface area contributed by atoms with E-state index < -0.39 is 0 Å². The molecule has 0 atom stereocenters. The standard InChI is InChI=1S/C18H16N6S2/c1-9-7-25-17(21-9)13-5-3-11(19)15(23-13)16-12(20)4-6-14(24-16)18-22-10(2)8-26-18/h3-8H,19-20H2,1-2H3. The van der Waals surface area contributed by atoms with Gasteiger partial charge in [0.1, 0.15) is 21.4 Å². The number of rotatable bonds is 3. The predicted octanol–water partition coefficient (Wildman–Crippen LogP) is 4.17. The third-order valence-electron chi connectivity index (χ3n) is 3.75. The number of aromatic nitrogens is 4. The number of pyridine rings is 2. The van der Waals surface area contributed by atoms with Crippen LogP contribution in [0.3, 0.4) is 0 Å². The lowest BCUT2D eigenvalue weighted by atomic mass is 10.1. The van der Waals surface area contributed by atoms with Crippen molar-refractivity contribution >= 4 is 34.0 Å². The molecule has 0 fully saturated rings. The summed E-state index contributed by atoms with van der Waals surface area (Å²) < 4.78 is 0. The molecule has 0 aromatic carbocycles. The van der Waals surface area contributed by atoms with Crippen molar-refractivity contribution < 1.29 is 0 Å². The van der Waals surface area contributed by atoms with Crippen LogP contribution in [0.4, 0.5) is 11.4 Å². The van der Waals surface area contributed by atoms with Crippen LogP contribution in [0.15, 0.2) is 35.0 Å². The maximum absolute atomic E-state index is 6.18. The molecular formula is C18H16N6S2. The molecule has 0 saturated carbocycles. The number of aryl methyl sites for hydroxylation is 2. The van der Waals surface area contributed by atoms with E-state index >= 15 is 0 Å². The van der Waals surface area contributed by atoms with E-state index in [1.54, 1.807) is 22.7 Å². The van der Waals surface area contributed by atoms with Crippen molar-refractivity contribution in [1.82, 2.24) is 19.9 Å². The number of thiazole rings is 2. The fourth-order valence-electron chi connectivity index (χ4n) is 2.50. The molecule has 4 rings (SSSR count). The smallest absolute Gasteiger partial charge is 0.142 e. The average molecular weight is 381 g/mol. The topological polar surface area (TPSA) is 104 Å². The maximum Gasteiger partial charge on any atom is 0.142 e. The molecular weight excluding hydrogens is 364 g/mol. The fourth-order valence-corrected chi connectivity index (χ4v) is 4.03. The van der Waals surface area contributed by atoms with Crippen molar-refractivity contribution in [2.75, 3.05) is 11.5 Å². The number of nitrogens with two attached hydrogens (primary N) is 2. The van der Waals surface area contributed by atoms with E-state index in [0.29, 0.717) is 22.8 Å². The Labute approximate surface area is 158 Å². The second-order valence-electron chi connectivity index (χ2n) is 5.86. The Balaban J connectivity index is 1.84. The van der Waals surface area contributed by atoms with Crippen molar-refractivity contribution in [2.24, 2.45) is 0 Å². The molecule has 0 aliphatic heterocycles. The monoisotopic (exact) mass is 380 g/mol. The van der Waals surface area contributed by atoms with Crippen LogP contribution in [0, 0.1) is 13.8 Å². The molecule has 0 unspecified atom stereocenters. The minimum Gasteiger partial charge on any atom is -0.397 e.